The number of hydrogen-bond donors (Lipinski definition) is 1. The summed E-state index contributed by atoms with van der Waals surface area (Å²) in [6.07, 6.45) is 1.18. The number of carbonyl (C=O) groups is 1. The van der Waals surface area contributed by atoms with E-state index in [-0.39, 0.29) is 5.75 Å². The van der Waals surface area contributed by atoms with Gasteiger partial charge in [-0.05, 0) is 25.5 Å². The minimum atomic E-state index is -5.08. The van der Waals surface area contributed by atoms with Gasteiger partial charge in [0.15, 0.2) is 0 Å². The van der Waals surface area contributed by atoms with Gasteiger partial charge in [-0.1, -0.05) is 0 Å². The summed E-state index contributed by atoms with van der Waals surface area (Å²) in [5.74, 6) is -2.63. The second-order valence-electron chi connectivity index (χ2n) is 5.99. The highest BCUT2D eigenvalue weighted by Gasteiger charge is 2.38. The number of aliphatic carboxylic acids is 1. The molecule has 3 heterocycles. The van der Waals surface area contributed by atoms with Crippen molar-refractivity contribution in [2.75, 3.05) is 18.8 Å². The van der Waals surface area contributed by atoms with Gasteiger partial charge in [0, 0.05) is 48.7 Å². The molecule has 1 aliphatic rings. The first-order valence-corrected chi connectivity index (χ1v) is 10.2. The zero-order chi connectivity index (χ0) is 21.7. The molecule has 0 saturated carbocycles. The van der Waals surface area contributed by atoms with Crippen LogP contribution in [0.5, 0.6) is 0 Å². The van der Waals surface area contributed by atoms with Gasteiger partial charge in [-0.2, -0.15) is 13.2 Å². The largest absolute Gasteiger partial charge is 0.490 e. The Morgan fingerprint density at radius 3 is 2.31 bits per heavy atom. The first-order valence-electron chi connectivity index (χ1n) is 8.57. The van der Waals surface area contributed by atoms with Gasteiger partial charge in [-0.15, -0.1) is 0 Å². The zero-order valence-corrected chi connectivity index (χ0v) is 16.2. The highest BCUT2D eigenvalue weighted by atomic mass is 32.2. The summed E-state index contributed by atoms with van der Waals surface area (Å²) in [6.45, 7) is 2.64. The Labute approximate surface area is 165 Å². The zero-order valence-electron chi connectivity index (χ0n) is 15.4. The molecule has 8 nitrogen and oxygen atoms in total. The number of aromatic nitrogens is 3. The van der Waals surface area contributed by atoms with Crippen LogP contribution in [0.2, 0.25) is 0 Å². The van der Waals surface area contributed by atoms with Crippen molar-refractivity contribution in [3.8, 4) is 11.3 Å². The van der Waals surface area contributed by atoms with Gasteiger partial charge < -0.3 is 5.11 Å². The summed E-state index contributed by atoms with van der Waals surface area (Å²) in [4.78, 5) is 21.7. The third kappa shape index (κ3) is 5.94. The molecule has 12 heteroatoms. The van der Waals surface area contributed by atoms with Crippen molar-refractivity contribution in [1.29, 1.82) is 0 Å². The molecule has 0 spiro atoms. The molecule has 0 atom stereocenters. The number of rotatable bonds is 3. The van der Waals surface area contributed by atoms with E-state index in [4.69, 9.17) is 9.90 Å². The van der Waals surface area contributed by atoms with E-state index in [1.165, 1.54) is 0 Å². The fourth-order valence-corrected chi connectivity index (χ4v) is 3.83. The molecule has 29 heavy (non-hydrogen) atoms. The van der Waals surface area contributed by atoms with Crippen LogP contribution in [0, 0.1) is 0 Å². The quantitative estimate of drug-likeness (QED) is 0.788. The van der Waals surface area contributed by atoms with E-state index in [1.807, 2.05) is 12.1 Å². The molecule has 0 fully saturated rings. The average Bonchev–Trinajstić information content (AvgIpc) is 2.91. The van der Waals surface area contributed by atoms with Gasteiger partial charge in [-0.3, -0.25) is 4.98 Å². The molecule has 2 aromatic rings. The maximum Gasteiger partial charge on any atom is 0.490 e. The molecule has 0 radical (unpaired) electrons. The van der Waals surface area contributed by atoms with Crippen molar-refractivity contribution >= 4 is 16.0 Å². The number of carboxylic acids is 1. The number of nitrogens with zero attached hydrogens (tertiary/aromatic N) is 4. The van der Waals surface area contributed by atoms with Crippen molar-refractivity contribution in [1.82, 2.24) is 19.3 Å². The van der Waals surface area contributed by atoms with Crippen molar-refractivity contribution in [2.24, 2.45) is 0 Å². The van der Waals surface area contributed by atoms with Gasteiger partial charge in [0.2, 0.25) is 10.0 Å². The number of fused-ring (bicyclic) bond motifs is 1. The Balaban J connectivity index is 0.000000370. The lowest BCUT2D eigenvalue weighted by molar-refractivity contribution is -0.192. The summed E-state index contributed by atoms with van der Waals surface area (Å²) in [7, 11) is -3.16. The maximum absolute atomic E-state index is 12.1. The van der Waals surface area contributed by atoms with Crippen LogP contribution in [0.25, 0.3) is 11.3 Å². The van der Waals surface area contributed by atoms with Crippen LogP contribution in [-0.2, 0) is 27.7 Å². The van der Waals surface area contributed by atoms with Gasteiger partial charge in [0.05, 0.1) is 11.4 Å². The molecule has 0 aromatic carbocycles. The van der Waals surface area contributed by atoms with Crippen molar-refractivity contribution < 1.29 is 31.5 Å². The molecule has 2 aromatic heterocycles. The van der Waals surface area contributed by atoms with Gasteiger partial charge >= 0.3 is 12.1 Å². The second kappa shape index (κ2) is 9.27. The maximum atomic E-state index is 12.1. The Morgan fingerprint density at radius 2 is 1.76 bits per heavy atom. The predicted octanol–water partition coefficient (Wildman–Crippen LogP) is 1.92. The average molecular weight is 432 g/mol. The summed E-state index contributed by atoms with van der Waals surface area (Å²) >= 11 is 0. The molecular weight excluding hydrogens is 413 g/mol. The minimum Gasteiger partial charge on any atom is -0.475 e. The number of halogens is 3. The summed E-state index contributed by atoms with van der Waals surface area (Å²) in [5, 5.41) is 7.12. The lowest BCUT2D eigenvalue weighted by atomic mass is 10.0. The molecule has 0 unspecified atom stereocenters. The van der Waals surface area contributed by atoms with E-state index in [0.29, 0.717) is 25.9 Å². The molecule has 0 amide bonds. The van der Waals surface area contributed by atoms with E-state index in [2.05, 4.69) is 15.0 Å². The highest BCUT2D eigenvalue weighted by molar-refractivity contribution is 7.89. The van der Waals surface area contributed by atoms with Crippen LogP contribution < -0.4 is 0 Å². The molecule has 1 N–H and O–H groups in total. The predicted molar refractivity (Wildman–Crippen MR) is 97.4 cm³/mol. The Bertz CT molecular complexity index is 953. The standard InChI is InChI=1S/C15H18N4O2S.C2HF3O2/c1-2-22(20,21)19-9-5-13-14(6-10-19)17-11-18-15(13)12-3-7-16-8-4-12;3-2(4,5)1(6)7/h3-4,7-8,11H,2,5-6,9-10H2,1H3;(H,6,7). The van der Waals surface area contributed by atoms with Crippen LogP contribution in [-0.4, -0.2) is 63.8 Å². The van der Waals surface area contributed by atoms with E-state index >= 15 is 0 Å². The highest BCUT2D eigenvalue weighted by Crippen LogP contribution is 2.25. The number of sulfonamides is 1. The molecule has 0 aliphatic carbocycles. The fraction of sp³-hybridized carbons (Fsp3) is 0.412. The SMILES string of the molecule is CCS(=O)(=O)N1CCc2ncnc(-c3ccncc3)c2CC1.O=C(O)C(F)(F)F. The molecule has 0 saturated heterocycles. The normalized spacial score (nSPS) is 14.9. The number of hydrogen-bond acceptors (Lipinski definition) is 6. The van der Waals surface area contributed by atoms with Crippen LogP contribution in [0.4, 0.5) is 13.2 Å². The van der Waals surface area contributed by atoms with Crippen LogP contribution in [0.15, 0.2) is 30.9 Å². The molecule has 1 aliphatic heterocycles. The first-order chi connectivity index (χ1) is 13.6. The van der Waals surface area contributed by atoms with Gasteiger partial charge in [0.1, 0.15) is 6.33 Å². The summed E-state index contributed by atoms with van der Waals surface area (Å²) in [5.41, 5.74) is 3.85. The molecule has 158 valence electrons. The van der Waals surface area contributed by atoms with Crippen LogP contribution in [0.3, 0.4) is 0 Å². The smallest absolute Gasteiger partial charge is 0.475 e. The summed E-state index contributed by atoms with van der Waals surface area (Å²) < 4.78 is 57.5. The fourth-order valence-electron chi connectivity index (χ4n) is 2.73. The second-order valence-corrected chi connectivity index (χ2v) is 8.24. The van der Waals surface area contributed by atoms with Crippen molar-refractivity contribution in [3.63, 3.8) is 0 Å². The lowest BCUT2D eigenvalue weighted by Gasteiger charge is -2.18. The minimum absolute atomic E-state index is 0.131. The lowest BCUT2D eigenvalue weighted by Crippen LogP contribution is -2.34. The molecule has 0 bridgehead atoms. The Morgan fingerprint density at radius 1 is 1.17 bits per heavy atom. The number of pyridine rings is 1. The van der Waals surface area contributed by atoms with Gasteiger partial charge in [-0.25, -0.2) is 27.5 Å². The number of carboxylic acid groups (broad SMARTS) is 1. The Kier molecular flexibility index (Phi) is 7.25. The monoisotopic (exact) mass is 432 g/mol. The van der Waals surface area contributed by atoms with E-state index < -0.39 is 22.2 Å². The summed E-state index contributed by atoms with van der Waals surface area (Å²) in [6, 6.07) is 3.82. The van der Waals surface area contributed by atoms with E-state index in [9.17, 15) is 21.6 Å². The van der Waals surface area contributed by atoms with Crippen LogP contribution in [0.1, 0.15) is 18.2 Å². The Hall–Kier alpha value is -2.60. The van der Waals surface area contributed by atoms with E-state index in [1.54, 1.807) is 29.9 Å². The van der Waals surface area contributed by atoms with Crippen LogP contribution >= 0.6 is 0 Å². The first kappa shape index (κ1) is 22.7. The number of alkyl halides is 3. The van der Waals surface area contributed by atoms with Gasteiger partial charge in [0.25, 0.3) is 0 Å². The third-order valence-corrected chi connectivity index (χ3v) is 6.08. The molecular formula is C17H19F3N4O4S. The van der Waals surface area contributed by atoms with Crippen molar-refractivity contribution in [3.05, 3.63) is 42.1 Å². The molecule has 3 rings (SSSR count). The third-order valence-electron chi connectivity index (χ3n) is 4.20. The van der Waals surface area contributed by atoms with E-state index in [0.717, 1.165) is 22.5 Å². The van der Waals surface area contributed by atoms with Crippen molar-refractivity contribution in [2.45, 2.75) is 25.9 Å². The topological polar surface area (TPSA) is 113 Å².